The molecule has 2 aromatic heterocycles. The Morgan fingerprint density at radius 3 is 2.36 bits per heavy atom. The Morgan fingerprint density at radius 2 is 1.72 bits per heavy atom. The Balaban J connectivity index is 1.93. The van der Waals surface area contributed by atoms with E-state index >= 15 is 0 Å². The van der Waals surface area contributed by atoms with Gasteiger partial charge in [-0.1, -0.05) is 18.2 Å². The van der Waals surface area contributed by atoms with Gasteiger partial charge in [0.15, 0.2) is 9.84 Å². The zero-order valence-corrected chi connectivity index (χ0v) is 22.1. The summed E-state index contributed by atoms with van der Waals surface area (Å²) in [4.78, 5) is 37.0. The van der Waals surface area contributed by atoms with Gasteiger partial charge in [0.1, 0.15) is 5.65 Å². The highest BCUT2D eigenvalue weighted by Gasteiger charge is 2.35. The van der Waals surface area contributed by atoms with Gasteiger partial charge in [-0.25, -0.2) is 32.8 Å². The van der Waals surface area contributed by atoms with Crippen molar-refractivity contribution in [2.75, 3.05) is 6.26 Å². The van der Waals surface area contributed by atoms with Crippen LogP contribution in [0.2, 0.25) is 0 Å². The highest BCUT2D eigenvalue weighted by molar-refractivity contribution is 7.90. The van der Waals surface area contributed by atoms with E-state index in [1.165, 1.54) is 12.3 Å². The average Bonchev–Trinajstić information content (AvgIpc) is 3.12. The predicted molar refractivity (Wildman–Crippen MR) is 135 cm³/mol. The van der Waals surface area contributed by atoms with E-state index in [1.54, 1.807) is 42.7 Å². The molecule has 0 fully saturated rings. The molecule has 0 aliphatic carbocycles. The lowest BCUT2D eigenvalue weighted by Crippen LogP contribution is -2.14. The molecular formula is C27H23F3N2O6S. The SMILES string of the molecule is CC(=O)OOC(=O)c1cccc(C)c1-c1c(C)n(Cc2ccc(S(C)(=O)=O)cc2C(F)(F)F)c2ncccc12. The number of aryl methyl sites for hydroxylation is 1. The van der Waals surface area contributed by atoms with E-state index in [2.05, 4.69) is 14.8 Å². The minimum atomic E-state index is -4.81. The first kappa shape index (κ1) is 27.8. The van der Waals surface area contributed by atoms with Crippen LogP contribution in [-0.2, 0) is 37.1 Å². The molecule has 0 saturated heterocycles. The van der Waals surface area contributed by atoms with Gasteiger partial charge < -0.3 is 4.57 Å². The topological polar surface area (TPSA) is 105 Å². The van der Waals surface area contributed by atoms with Crippen molar-refractivity contribution < 1.29 is 41.0 Å². The van der Waals surface area contributed by atoms with E-state index in [-0.39, 0.29) is 17.7 Å². The van der Waals surface area contributed by atoms with Crippen molar-refractivity contribution >= 4 is 32.8 Å². The average molecular weight is 561 g/mol. The van der Waals surface area contributed by atoms with Crippen LogP contribution in [0.25, 0.3) is 22.2 Å². The van der Waals surface area contributed by atoms with Crippen LogP contribution < -0.4 is 0 Å². The second-order valence-corrected chi connectivity index (χ2v) is 11.0. The minimum Gasteiger partial charge on any atom is -0.325 e. The number of halogens is 3. The molecule has 0 saturated carbocycles. The number of hydrogen-bond acceptors (Lipinski definition) is 7. The summed E-state index contributed by atoms with van der Waals surface area (Å²) in [6.45, 7) is 4.23. The summed E-state index contributed by atoms with van der Waals surface area (Å²) >= 11 is 0. The molecule has 2 heterocycles. The predicted octanol–water partition coefficient (Wildman–Crippen LogP) is 5.43. The fourth-order valence-corrected chi connectivity index (χ4v) is 5.12. The zero-order valence-electron chi connectivity index (χ0n) is 21.3. The lowest BCUT2D eigenvalue weighted by molar-refractivity contribution is -0.231. The number of fused-ring (bicyclic) bond motifs is 1. The largest absolute Gasteiger partial charge is 0.416 e. The molecule has 39 heavy (non-hydrogen) atoms. The molecule has 8 nitrogen and oxygen atoms in total. The first-order valence-corrected chi connectivity index (χ1v) is 13.4. The van der Waals surface area contributed by atoms with Crippen LogP contribution >= 0.6 is 0 Å². The lowest BCUT2D eigenvalue weighted by Gasteiger charge is -2.17. The van der Waals surface area contributed by atoms with Gasteiger partial charge in [-0.15, -0.1) is 0 Å². The van der Waals surface area contributed by atoms with Crippen LogP contribution in [-0.4, -0.2) is 36.2 Å². The smallest absolute Gasteiger partial charge is 0.325 e. The van der Waals surface area contributed by atoms with Crippen molar-refractivity contribution in [2.24, 2.45) is 0 Å². The molecule has 0 spiro atoms. The molecule has 4 aromatic rings. The third kappa shape index (κ3) is 5.51. The molecular weight excluding hydrogens is 537 g/mol. The van der Waals surface area contributed by atoms with Crippen molar-refractivity contribution in [1.82, 2.24) is 9.55 Å². The maximum absolute atomic E-state index is 14.0. The second kappa shape index (κ2) is 10.2. The molecule has 4 rings (SSSR count). The number of benzene rings is 2. The molecule has 12 heteroatoms. The maximum Gasteiger partial charge on any atom is 0.416 e. The van der Waals surface area contributed by atoms with Crippen LogP contribution in [0.4, 0.5) is 13.2 Å². The van der Waals surface area contributed by atoms with Crippen LogP contribution in [0.3, 0.4) is 0 Å². The summed E-state index contributed by atoms with van der Waals surface area (Å²) in [5.41, 5.74) is 1.33. The van der Waals surface area contributed by atoms with Crippen LogP contribution in [0.1, 0.15) is 39.7 Å². The molecule has 0 aliphatic rings. The Hall–Kier alpha value is -4.19. The van der Waals surface area contributed by atoms with E-state index in [9.17, 15) is 31.2 Å². The van der Waals surface area contributed by atoms with Gasteiger partial charge in [0.25, 0.3) is 0 Å². The number of rotatable bonds is 5. The molecule has 0 radical (unpaired) electrons. The Bertz CT molecular complexity index is 1730. The van der Waals surface area contributed by atoms with Crippen LogP contribution in [0, 0.1) is 13.8 Å². The quantitative estimate of drug-likeness (QED) is 0.237. The highest BCUT2D eigenvalue weighted by Crippen LogP contribution is 2.40. The van der Waals surface area contributed by atoms with Crippen molar-refractivity contribution in [3.05, 3.63) is 82.7 Å². The standard InChI is InChI=1S/C27H23F3N2O6S/c1-15-7-5-8-21(26(34)38-37-17(3)33)23(15)24-16(2)32(25-20(24)9-6-12-31-25)14-18-10-11-19(39(4,35)36)13-22(18)27(28,29)30/h5-13H,14H2,1-4H3. The van der Waals surface area contributed by atoms with E-state index in [0.717, 1.165) is 25.3 Å². The number of pyridine rings is 1. The first-order valence-electron chi connectivity index (χ1n) is 11.5. The van der Waals surface area contributed by atoms with E-state index in [4.69, 9.17) is 0 Å². The summed E-state index contributed by atoms with van der Waals surface area (Å²) in [7, 11) is -3.87. The van der Waals surface area contributed by atoms with Crippen LogP contribution in [0.15, 0.2) is 59.6 Å². The Labute approximate surface area is 221 Å². The van der Waals surface area contributed by atoms with Crippen molar-refractivity contribution in [2.45, 2.75) is 38.4 Å². The van der Waals surface area contributed by atoms with E-state index < -0.39 is 38.4 Å². The van der Waals surface area contributed by atoms with Crippen LogP contribution in [0.5, 0.6) is 0 Å². The van der Waals surface area contributed by atoms with Gasteiger partial charge in [0, 0.05) is 48.1 Å². The van der Waals surface area contributed by atoms with Crippen molar-refractivity contribution in [3.63, 3.8) is 0 Å². The Morgan fingerprint density at radius 1 is 1.00 bits per heavy atom. The summed E-state index contributed by atoms with van der Waals surface area (Å²) in [5.74, 6) is -1.75. The number of hydrogen-bond donors (Lipinski definition) is 0. The van der Waals surface area contributed by atoms with Crippen molar-refractivity contribution in [1.29, 1.82) is 0 Å². The first-order chi connectivity index (χ1) is 18.2. The van der Waals surface area contributed by atoms with Gasteiger partial charge in [-0.05, 0) is 55.3 Å². The summed E-state index contributed by atoms with van der Waals surface area (Å²) < 4.78 is 67.5. The lowest BCUT2D eigenvalue weighted by atomic mass is 9.93. The molecule has 0 aliphatic heterocycles. The second-order valence-electron chi connectivity index (χ2n) is 8.95. The number of nitrogens with zero attached hydrogens (tertiary/aromatic N) is 2. The van der Waals surface area contributed by atoms with Gasteiger partial charge in [0.2, 0.25) is 0 Å². The monoisotopic (exact) mass is 560 g/mol. The van der Waals surface area contributed by atoms with Gasteiger partial charge in [-0.3, -0.25) is 0 Å². The molecule has 204 valence electrons. The number of carbonyl (C=O) groups is 2. The maximum atomic E-state index is 14.0. The van der Waals surface area contributed by atoms with E-state index in [1.807, 2.05) is 0 Å². The summed E-state index contributed by atoms with van der Waals surface area (Å²) in [6.07, 6.45) is -2.48. The fraction of sp³-hybridized carbons (Fsp3) is 0.222. The number of alkyl halides is 3. The number of sulfone groups is 1. The molecule has 2 aromatic carbocycles. The molecule has 0 amide bonds. The zero-order chi connectivity index (χ0) is 28.7. The molecule has 0 atom stereocenters. The van der Waals surface area contributed by atoms with E-state index in [0.29, 0.717) is 39.5 Å². The van der Waals surface area contributed by atoms with Crippen molar-refractivity contribution in [3.8, 4) is 11.1 Å². The van der Waals surface area contributed by atoms with Gasteiger partial charge in [0.05, 0.1) is 16.0 Å². The number of carbonyl (C=O) groups excluding carboxylic acids is 2. The van der Waals surface area contributed by atoms with Gasteiger partial charge >= 0.3 is 18.1 Å². The highest BCUT2D eigenvalue weighted by atomic mass is 32.2. The molecule has 0 N–H and O–H groups in total. The third-order valence-corrected chi connectivity index (χ3v) is 7.31. The fourth-order valence-electron chi connectivity index (χ4n) is 4.47. The summed E-state index contributed by atoms with van der Waals surface area (Å²) in [6, 6.07) is 11.2. The summed E-state index contributed by atoms with van der Waals surface area (Å²) in [5, 5.41) is 0.562. The molecule has 0 unspecified atom stereocenters. The number of aromatic nitrogens is 2. The third-order valence-electron chi connectivity index (χ3n) is 6.20. The van der Waals surface area contributed by atoms with Gasteiger partial charge in [-0.2, -0.15) is 13.2 Å². The normalized spacial score (nSPS) is 12.0. The minimum absolute atomic E-state index is 0.0794. The Kier molecular flexibility index (Phi) is 7.26. The molecule has 0 bridgehead atoms.